The van der Waals surface area contributed by atoms with Gasteiger partial charge in [0.2, 0.25) is 21.2 Å². The highest BCUT2D eigenvalue weighted by atomic mass is 35.5. The van der Waals surface area contributed by atoms with Gasteiger partial charge >= 0.3 is 0 Å². The van der Waals surface area contributed by atoms with Gasteiger partial charge in [-0.3, -0.25) is 4.72 Å². The summed E-state index contributed by atoms with van der Waals surface area (Å²) >= 11 is 7.52. The summed E-state index contributed by atoms with van der Waals surface area (Å²) in [6.07, 6.45) is 2.61. The number of hydrogen-bond acceptors (Lipinski definition) is 7. The van der Waals surface area contributed by atoms with Crippen molar-refractivity contribution < 1.29 is 13.2 Å². The Morgan fingerprint density at radius 3 is 2.75 bits per heavy atom. The minimum Gasteiger partial charge on any atom is -0.480 e. The van der Waals surface area contributed by atoms with Crippen molar-refractivity contribution in [2.24, 2.45) is 0 Å². The smallest absolute Gasteiger partial charge is 0.238 e. The van der Waals surface area contributed by atoms with E-state index >= 15 is 0 Å². The zero-order valence-electron chi connectivity index (χ0n) is 13.0. The number of aryl methyl sites for hydroxylation is 1. The van der Waals surface area contributed by atoms with Gasteiger partial charge in [-0.1, -0.05) is 0 Å². The van der Waals surface area contributed by atoms with Gasteiger partial charge in [0.25, 0.3) is 0 Å². The van der Waals surface area contributed by atoms with E-state index in [9.17, 15) is 8.42 Å². The molecule has 3 aromatic heterocycles. The van der Waals surface area contributed by atoms with Gasteiger partial charge in [-0.25, -0.2) is 23.4 Å². The fourth-order valence-corrected chi connectivity index (χ4v) is 3.93. The molecule has 10 heteroatoms. The fraction of sp³-hybridized carbons (Fsp3) is 0.214. The first kappa shape index (κ1) is 16.9. The molecular formula is C14H13ClN4O3S2. The lowest BCUT2D eigenvalue weighted by Crippen LogP contribution is -2.11. The third kappa shape index (κ3) is 3.28. The molecule has 0 atom stereocenters. The van der Waals surface area contributed by atoms with Crippen LogP contribution in [-0.2, 0) is 10.0 Å². The Bertz CT molecular complexity index is 1030. The van der Waals surface area contributed by atoms with Crippen LogP contribution in [0.2, 0.25) is 5.28 Å². The maximum atomic E-state index is 11.5. The van der Waals surface area contributed by atoms with E-state index in [1.54, 1.807) is 12.3 Å². The van der Waals surface area contributed by atoms with Gasteiger partial charge in [0.1, 0.15) is 5.69 Å². The van der Waals surface area contributed by atoms with Crippen molar-refractivity contribution in [3.63, 3.8) is 0 Å². The molecule has 0 amide bonds. The van der Waals surface area contributed by atoms with Crippen LogP contribution in [0.5, 0.6) is 5.88 Å². The number of rotatable bonds is 4. The van der Waals surface area contributed by atoms with Crippen LogP contribution < -0.4 is 9.46 Å². The van der Waals surface area contributed by atoms with Gasteiger partial charge in [0.05, 0.1) is 29.3 Å². The topological polar surface area (TPSA) is 94.1 Å². The molecule has 24 heavy (non-hydrogen) atoms. The molecule has 7 nitrogen and oxygen atoms in total. The van der Waals surface area contributed by atoms with Gasteiger partial charge in [0.15, 0.2) is 0 Å². The van der Waals surface area contributed by atoms with E-state index in [0.29, 0.717) is 11.3 Å². The number of hydrogen-bond donors (Lipinski definition) is 1. The minimum atomic E-state index is -3.48. The standard InChI is InChI=1S/C14H13ClN4O3S2/c1-7-6-23-12-10(7)17-14(15)18-11(12)8-4-9(19-24(3,20)21)13(22-2)16-5-8/h4-6,19H,1-3H3. The van der Waals surface area contributed by atoms with Gasteiger partial charge in [0, 0.05) is 11.8 Å². The number of anilines is 1. The molecule has 0 unspecified atom stereocenters. The number of nitrogens with one attached hydrogen (secondary N) is 1. The molecule has 0 aliphatic heterocycles. The van der Waals surface area contributed by atoms with E-state index in [1.807, 2.05) is 12.3 Å². The molecule has 0 aliphatic carbocycles. The fourth-order valence-electron chi connectivity index (χ4n) is 2.22. The summed E-state index contributed by atoms with van der Waals surface area (Å²) < 4.78 is 31.4. The van der Waals surface area contributed by atoms with Crippen LogP contribution in [-0.4, -0.2) is 36.7 Å². The molecule has 126 valence electrons. The molecule has 3 rings (SSSR count). The molecule has 1 N–H and O–H groups in total. The summed E-state index contributed by atoms with van der Waals surface area (Å²) in [6.45, 7) is 1.94. The van der Waals surface area contributed by atoms with Crippen molar-refractivity contribution in [3.05, 3.63) is 28.5 Å². The van der Waals surface area contributed by atoms with E-state index < -0.39 is 10.0 Å². The van der Waals surface area contributed by atoms with Gasteiger partial charge < -0.3 is 4.74 Å². The summed E-state index contributed by atoms with van der Waals surface area (Å²) in [4.78, 5) is 12.7. The van der Waals surface area contributed by atoms with Crippen LogP contribution in [0.15, 0.2) is 17.6 Å². The first-order valence-electron chi connectivity index (χ1n) is 6.72. The molecule has 0 saturated heterocycles. The number of nitrogens with zero attached hydrogens (tertiary/aromatic N) is 3. The molecule has 0 aromatic carbocycles. The number of fused-ring (bicyclic) bond motifs is 1. The van der Waals surface area contributed by atoms with Gasteiger partial charge in [-0.05, 0) is 35.5 Å². The van der Waals surface area contributed by atoms with Crippen molar-refractivity contribution in [2.45, 2.75) is 6.92 Å². The maximum Gasteiger partial charge on any atom is 0.238 e. The van der Waals surface area contributed by atoms with E-state index in [-0.39, 0.29) is 16.9 Å². The Hall–Kier alpha value is -1.97. The molecule has 3 aromatic rings. The zero-order chi connectivity index (χ0) is 17.5. The predicted octanol–water partition coefficient (Wildman–Crippen LogP) is 3.10. The molecule has 0 bridgehead atoms. The summed E-state index contributed by atoms with van der Waals surface area (Å²) in [5.74, 6) is 0.169. The Morgan fingerprint density at radius 1 is 1.33 bits per heavy atom. The second kappa shape index (κ2) is 6.15. The number of ether oxygens (including phenoxy) is 1. The second-order valence-corrected chi connectivity index (χ2v) is 8.06. The molecule has 0 radical (unpaired) electrons. The highest BCUT2D eigenvalue weighted by molar-refractivity contribution is 7.92. The number of methoxy groups -OCH3 is 1. The SMILES string of the molecule is COc1ncc(-c2nc(Cl)nc3c(C)csc23)cc1NS(C)(=O)=O. The average Bonchev–Trinajstić information content (AvgIpc) is 2.86. The van der Waals surface area contributed by atoms with Crippen LogP contribution in [0, 0.1) is 6.92 Å². The first-order chi connectivity index (χ1) is 11.3. The number of pyridine rings is 1. The highest BCUT2D eigenvalue weighted by Crippen LogP contribution is 2.35. The first-order valence-corrected chi connectivity index (χ1v) is 9.87. The Labute approximate surface area is 147 Å². The van der Waals surface area contributed by atoms with Gasteiger partial charge in [-0.15, -0.1) is 11.3 Å². The Kier molecular flexibility index (Phi) is 4.33. The normalized spacial score (nSPS) is 11.7. The predicted molar refractivity (Wildman–Crippen MR) is 95.4 cm³/mol. The number of aromatic nitrogens is 3. The van der Waals surface area contributed by atoms with E-state index in [1.165, 1.54) is 18.4 Å². The number of halogens is 1. The van der Waals surface area contributed by atoms with Crippen molar-refractivity contribution in [2.75, 3.05) is 18.1 Å². The van der Waals surface area contributed by atoms with Crippen LogP contribution in [0.4, 0.5) is 5.69 Å². The third-order valence-corrected chi connectivity index (χ3v) is 5.03. The van der Waals surface area contributed by atoms with Crippen molar-refractivity contribution in [3.8, 4) is 17.1 Å². The maximum absolute atomic E-state index is 11.5. The molecule has 3 heterocycles. The Morgan fingerprint density at radius 2 is 2.08 bits per heavy atom. The number of thiophene rings is 1. The van der Waals surface area contributed by atoms with Crippen molar-refractivity contribution in [1.29, 1.82) is 0 Å². The molecule has 0 spiro atoms. The number of sulfonamides is 1. The monoisotopic (exact) mass is 384 g/mol. The molecular weight excluding hydrogens is 372 g/mol. The largest absolute Gasteiger partial charge is 0.480 e. The summed E-state index contributed by atoms with van der Waals surface area (Å²) in [7, 11) is -2.07. The molecule has 0 saturated carbocycles. The van der Waals surface area contributed by atoms with E-state index in [4.69, 9.17) is 16.3 Å². The Balaban J connectivity index is 2.22. The lowest BCUT2D eigenvalue weighted by Gasteiger charge is -2.11. The van der Waals surface area contributed by atoms with Crippen LogP contribution >= 0.6 is 22.9 Å². The summed E-state index contributed by atoms with van der Waals surface area (Å²) in [5, 5.41) is 2.08. The van der Waals surface area contributed by atoms with Crippen molar-refractivity contribution >= 4 is 48.9 Å². The van der Waals surface area contributed by atoms with E-state index in [2.05, 4.69) is 19.7 Å². The zero-order valence-corrected chi connectivity index (χ0v) is 15.4. The van der Waals surface area contributed by atoms with Crippen LogP contribution in [0.1, 0.15) is 5.56 Å². The summed E-state index contributed by atoms with van der Waals surface area (Å²) in [6, 6.07) is 1.61. The lowest BCUT2D eigenvalue weighted by molar-refractivity contribution is 0.400. The van der Waals surface area contributed by atoms with Crippen LogP contribution in [0.3, 0.4) is 0 Å². The average molecular weight is 385 g/mol. The van der Waals surface area contributed by atoms with Crippen LogP contribution in [0.25, 0.3) is 21.5 Å². The van der Waals surface area contributed by atoms with Gasteiger partial charge in [-0.2, -0.15) is 0 Å². The minimum absolute atomic E-state index is 0.118. The summed E-state index contributed by atoms with van der Waals surface area (Å²) in [5.41, 5.74) is 3.20. The third-order valence-electron chi connectivity index (χ3n) is 3.18. The lowest BCUT2D eigenvalue weighted by atomic mass is 10.1. The quantitative estimate of drug-likeness (QED) is 0.694. The second-order valence-electron chi connectivity index (χ2n) is 5.09. The molecule has 0 fully saturated rings. The van der Waals surface area contributed by atoms with E-state index in [0.717, 1.165) is 22.0 Å². The molecule has 0 aliphatic rings. The van der Waals surface area contributed by atoms with Crippen molar-refractivity contribution in [1.82, 2.24) is 15.0 Å². The highest BCUT2D eigenvalue weighted by Gasteiger charge is 2.16.